The van der Waals surface area contributed by atoms with E-state index in [2.05, 4.69) is 0 Å². The topological polar surface area (TPSA) is 94.6 Å². The van der Waals surface area contributed by atoms with E-state index in [0.717, 1.165) is 29.7 Å². The molecule has 7 heteroatoms. The number of pyridine rings is 1. The van der Waals surface area contributed by atoms with Gasteiger partial charge in [-0.05, 0) is 42.0 Å². The van der Waals surface area contributed by atoms with Gasteiger partial charge in [0.2, 0.25) is 0 Å². The van der Waals surface area contributed by atoms with Gasteiger partial charge in [0.1, 0.15) is 11.3 Å². The number of carbonyl (C=O) groups excluding carboxylic acids is 2. The number of hydrogen-bond acceptors (Lipinski definition) is 4. The number of rotatable bonds is 3. The highest BCUT2D eigenvalue weighted by Crippen LogP contribution is 2.35. The Morgan fingerprint density at radius 2 is 1.93 bits per heavy atom. The zero-order valence-corrected chi connectivity index (χ0v) is 15.4. The summed E-state index contributed by atoms with van der Waals surface area (Å²) < 4.78 is 7.46. The molecular formula is C21H21N3O4. The Morgan fingerprint density at radius 1 is 1.14 bits per heavy atom. The molecule has 1 fully saturated rings. The number of fused-ring (bicyclic) bond motifs is 2. The first-order valence-electron chi connectivity index (χ1n) is 9.63. The zero-order valence-electron chi connectivity index (χ0n) is 15.4. The number of ether oxygens (including phenoxy) is 1. The maximum absolute atomic E-state index is 13.0. The summed E-state index contributed by atoms with van der Waals surface area (Å²) in [7, 11) is 0. The number of nitrogens with zero attached hydrogens (tertiary/aromatic N) is 2. The first kappa shape index (κ1) is 17.0. The minimum absolute atomic E-state index is 0.0633. The largest absolute Gasteiger partial charge is 0.480 e. The number of carbonyl (C=O) groups is 2. The van der Waals surface area contributed by atoms with Crippen molar-refractivity contribution < 1.29 is 14.3 Å². The first-order valence-corrected chi connectivity index (χ1v) is 9.63. The number of aromatic nitrogens is 1. The molecule has 28 heavy (non-hydrogen) atoms. The fourth-order valence-corrected chi connectivity index (χ4v) is 4.27. The van der Waals surface area contributed by atoms with Crippen molar-refractivity contribution in [2.24, 2.45) is 5.73 Å². The fourth-order valence-electron chi connectivity index (χ4n) is 4.27. The summed E-state index contributed by atoms with van der Waals surface area (Å²) in [6.07, 6.45) is 4.14. The van der Waals surface area contributed by atoms with Gasteiger partial charge in [-0.25, -0.2) is 0 Å². The van der Waals surface area contributed by atoms with Crippen molar-refractivity contribution in [3.05, 3.63) is 63.1 Å². The Hall–Kier alpha value is -3.09. The molecule has 144 valence electrons. The number of hydrogen-bond donors (Lipinski definition) is 1. The van der Waals surface area contributed by atoms with Crippen LogP contribution in [0.3, 0.4) is 0 Å². The van der Waals surface area contributed by atoms with Gasteiger partial charge in [0.15, 0.2) is 6.10 Å². The maximum Gasteiger partial charge on any atom is 0.264 e. The fraction of sp³-hybridized carbons (Fsp3) is 0.381. The third kappa shape index (κ3) is 2.69. The molecule has 1 aromatic carbocycles. The van der Waals surface area contributed by atoms with Crippen molar-refractivity contribution in [2.45, 2.75) is 44.4 Å². The lowest BCUT2D eigenvalue weighted by Crippen LogP contribution is -2.45. The smallest absolute Gasteiger partial charge is 0.264 e. The molecule has 1 atom stereocenters. The lowest BCUT2D eigenvalue weighted by atomic mass is 9.95. The minimum atomic E-state index is -0.689. The normalized spacial score (nSPS) is 20.3. The Bertz CT molecular complexity index is 1030. The van der Waals surface area contributed by atoms with Gasteiger partial charge in [0, 0.05) is 31.7 Å². The molecule has 2 amide bonds. The molecule has 7 nitrogen and oxygen atoms in total. The molecule has 2 aromatic rings. The third-order valence-corrected chi connectivity index (χ3v) is 5.85. The number of benzene rings is 1. The molecule has 1 aliphatic carbocycles. The standard InChI is InChI=1S/C21H21N3O4/c22-19(25)18-15-7-8-23(10-13(15)11-24(21(18)27)14-5-6-14)20(26)17-9-12-3-1-2-4-16(12)28-17/h1-4,11,14,17H,5-10H2,(H2,22,25). The number of para-hydroxylation sites is 1. The monoisotopic (exact) mass is 379 g/mol. The molecule has 3 heterocycles. The van der Waals surface area contributed by atoms with Crippen LogP contribution in [0.15, 0.2) is 35.3 Å². The summed E-state index contributed by atoms with van der Waals surface area (Å²) in [6, 6.07) is 7.82. The predicted octanol–water partition coefficient (Wildman–Crippen LogP) is 1.17. The molecule has 0 saturated heterocycles. The summed E-state index contributed by atoms with van der Waals surface area (Å²) in [6.45, 7) is 0.798. The molecule has 2 N–H and O–H groups in total. The molecule has 1 aromatic heterocycles. The van der Waals surface area contributed by atoms with E-state index in [4.69, 9.17) is 10.5 Å². The van der Waals surface area contributed by atoms with Crippen LogP contribution in [0.4, 0.5) is 0 Å². The van der Waals surface area contributed by atoms with E-state index in [1.165, 1.54) is 0 Å². The average Bonchev–Trinajstić information content (AvgIpc) is 3.44. The lowest BCUT2D eigenvalue weighted by Gasteiger charge is -2.31. The summed E-state index contributed by atoms with van der Waals surface area (Å²) in [4.78, 5) is 39.4. The van der Waals surface area contributed by atoms with Crippen molar-refractivity contribution in [1.29, 1.82) is 0 Å². The number of nitrogens with two attached hydrogens (primary N) is 1. The Labute approximate surface area is 161 Å². The first-order chi connectivity index (χ1) is 13.5. The quantitative estimate of drug-likeness (QED) is 0.866. The van der Waals surface area contributed by atoms with E-state index in [0.29, 0.717) is 31.5 Å². The summed E-state index contributed by atoms with van der Waals surface area (Å²) >= 11 is 0. The second-order valence-corrected chi connectivity index (χ2v) is 7.74. The average molecular weight is 379 g/mol. The van der Waals surface area contributed by atoms with Crippen molar-refractivity contribution in [1.82, 2.24) is 9.47 Å². The van der Waals surface area contributed by atoms with Gasteiger partial charge in [-0.15, -0.1) is 0 Å². The van der Waals surface area contributed by atoms with Crippen LogP contribution in [0, 0.1) is 0 Å². The molecule has 2 aliphatic heterocycles. The predicted molar refractivity (Wildman–Crippen MR) is 101 cm³/mol. The molecule has 0 spiro atoms. The Balaban J connectivity index is 1.43. The summed E-state index contributed by atoms with van der Waals surface area (Å²) in [5.74, 6) is 0.00842. The van der Waals surface area contributed by atoms with Crippen molar-refractivity contribution >= 4 is 11.8 Å². The highest BCUT2D eigenvalue weighted by Gasteiger charge is 2.36. The van der Waals surface area contributed by atoms with Gasteiger partial charge in [-0.3, -0.25) is 14.4 Å². The molecule has 0 bridgehead atoms. The van der Waals surface area contributed by atoms with Crippen LogP contribution in [0.5, 0.6) is 5.75 Å². The number of amides is 2. The molecule has 1 unspecified atom stereocenters. The third-order valence-electron chi connectivity index (χ3n) is 5.85. The second-order valence-electron chi connectivity index (χ2n) is 7.74. The van der Waals surface area contributed by atoms with Gasteiger partial charge < -0.3 is 19.9 Å². The van der Waals surface area contributed by atoms with Gasteiger partial charge in [-0.2, -0.15) is 0 Å². The van der Waals surface area contributed by atoms with Gasteiger partial charge in [0.05, 0.1) is 0 Å². The van der Waals surface area contributed by atoms with E-state index >= 15 is 0 Å². The van der Waals surface area contributed by atoms with Crippen LogP contribution in [-0.4, -0.2) is 33.9 Å². The minimum Gasteiger partial charge on any atom is -0.480 e. The van der Waals surface area contributed by atoms with Gasteiger partial charge >= 0.3 is 0 Å². The van der Waals surface area contributed by atoms with Crippen LogP contribution in [-0.2, 0) is 24.2 Å². The van der Waals surface area contributed by atoms with Gasteiger partial charge in [-0.1, -0.05) is 18.2 Å². The zero-order chi connectivity index (χ0) is 19.4. The molecular weight excluding hydrogens is 358 g/mol. The van der Waals surface area contributed by atoms with Gasteiger partial charge in [0.25, 0.3) is 17.4 Å². The van der Waals surface area contributed by atoms with E-state index in [1.54, 1.807) is 9.47 Å². The Kier molecular flexibility index (Phi) is 3.79. The summed E-state index contributed by atoms with van der Waals surface area (Å²) in [5, 5.41) is 0. The van der Waals surface area contributed by atoms with Crippen LogP contribution < -0.4 is 16.0 Å². The lowest BCUT2D eigenvalue weighted by molar-refractivity contribution is -0.138. The van der Waals surface area contributed by atoms with Crippen LogP contribution in [0.1, 0.15) is 45.9 Å². The van der Waals surface area contributed by atoms with Crippen LogP contribution >= 0.6 is 0 Å². The summed E-state index contributed by atoms with van der Waals surface area (Å²) in [5.41, 5.74) is 7.86. The van der Waals surface area contributed by atoms with Crippen LogP contribution in [0.25, 0.3) is 0 Å². The van der Waals surface area contributed by atoms with E-state index in [1.807, 2.05) is 30.5 Å². The number of primary amides is 1. The second kappa shape index (κ2) is 6.22. The molecule has 1 saturated carbocycles. The molecule has 3 aliphatic rings. The van der Waals surface area contributed by atoms with E-state index in [9.17, 15) is 14.4 Å². The van der Waals surface area contributed by atoms with Crippen molar-refractivity contribution in [2.75, 3.05) is 6.54 Å². The highest BCUT2D eigenvalue weighted by molar-refractivity contribution is 5.94. The van der Waals surface area contributed by atoms with Crippen LogP contribution in [0.2, 0.25) is 0 Å². The maximum atomic E-state index is 13.0. The van der Waals surface area contributed by atoms with E-state index in [-0.39, 0.29) is 23.1 Å². The van der Waals surface area contributed by atoms with Crippen molar-refractivity contribution in [3.8, 4) is 5.75 Å². The highest BCUT2D eigenvalue weighted by atomic mass is 16.5. The molecule has 5 rings (SSSR count). The Morgan fingerprint density at radius 3 is 2.64 bits per heavy atom. The molecule has 0 radical (unpaired) electrons. The van der Waals surface area contributed by atoms with E-state index < -0.39 is 12.0 Å². The SMILES string of the molecule is NC(=O)c1c2c(cn(C3CC3)c1=O)CN(C(=O)C1Cc3ccccc3O1)CC2. The van der Waals surface area contributed by atoms with Crippen molar-refractivity contribution in [3.63, 3.8) is 0 Å².